The molecule has 0 aromatic rings. The lowest BCUT2D eigenvalue weighted by molar-refractivity contribution is -0.212. The third-order valence-corrected chi connectivity index (χ3v) is 4.07. The van der Waals surface area contributed by atoms with Crippen LogP contribution in [0.5, 0.6) is 0 Å². The van der Waals surface area contributed by atoms with E-state index in [4.69, 9.17) is 4.74 Å². The van der Waals surface area contributed by atoms with Crippen LogP contribution in [0.15, 0.2) is 0 Å². The van der Waals surface area contributed by atoms with E-state index in [-0.39, 0.29) is 11.5 Å². The Morgan fingerprint density at radius 2 is 1.83 bits per heavy atom. The molecule has 0 aromatic carbocycles. The summed E-state index contributed by atoms with van der Waals surface area (Å²) in [5.41, 5.74) is 0.515. The van der Waals surface area contributed by atoms with Gasteiger partial charge in [-0.2, -0.15) is 0 Å². The molecule has 1 spiro atoms. The molecule has 0 aromatic heterocycles. The van der Waals surface area contributed by atoms with Crippen LogP contribution in [-0.4, -0.2) is 24.4 Å². The van der Waals surface area contributed by atoms with Gasteiger partial charge in [0.2, 0.25) is 0 Å². The minimum atomic E-state index is -0.0728. The molecule has 1 aliphatic carbocycles. The van der Waals surface area contributed by atoms with Gasteiger partial charge in [0.15, 0.2) is 0 Å². The highest BCUT2D eigenvalue weighted by atomic mass is 16.5. The van der Waals surface area contributed by atoms with Crippen LogP contribution in [0, 0.1) is 10.8 Å². The first kappa shape index (κ1) is 8.52. The van der Waals surface area contributed by atoms with Crippen LogP contribution in [0.2, 0.25) is 0 Å². The molecule has 2 nitrogen and oxygen atoms in total. The van der Waals surface area contributed by atoms with E-state index in [1.165, 1.54) is 0 Å². The molecule has 2 fully saturated rings. The van der Waals surface area contributed by atoms with E-state index in [1.807, 2.05) is 0 Å². The van der Waals surface area contributed by atoms with Crippen molar-refractivity contribution in [2.75, 3.05) is 13.2 Å². The first-order valence-corrected chi connectivity index (χ1v) is 4.84. The normalized spacial score (nSPS) is 37.8. The van der Waals surface area contributed by atoms with Crippen molar-refractivity contribution in [2.45, 2.75) is 39.2 Å². The molecule has 0 bridgehead atoms. The molecule has 1 saturated heterocycles. The SMILES string of the molecule is CC1(C)CC(O)C12CCOCC2. The average molecular weight is 170 g/mol. The predicted octanol–water partition coefficient (Wildman–Crippen LogP) is 1.57. The maximum absolute atomic E-state index is 9.80. The second kappa shape index (κ2) is 2.46. The minimum absolute atomic E-state index is 0.0728. The molecule has 0 radical (unpaired) electrons. The minimum Gasteiger partial charge on any atom is -0.393 e. The summed E-state index contributed by atoms with van der Waals surface area (Å²) in [6, 6.07) is 0. The molecule has 70 valence electrons. The molecule has 2 rings (SSSR count). The van der Waals surface area contributed by atoms with Crippen LogP contribution in [-0.2, 0) is 4.74 Å². The van der Waals surface area contributed by atoms with Crippen molar-refractivity contribution in [3.05, 3.63) is 0 Å². The predicted molar refractivity (Wildman–Crippen MR) is 46.9 cm³/mol. The standard InChI is InChI=1S/C10H18O2/c1-9(2)7-8(11)10(9)3-5-12-6-4-10/h8,11H,3-7H2,1-2H3. The van der Waals surface area contributed by atoms with Gasteiger partial charge in [-0.15, -0.1) is 0 Å². The maximum atomic E-state index is 9.80. The summed E-state index contributed by atoms with van der Waals surface area (Å²) in [6.45, 7) is 6.21. The van der Waals surface area contributed by atoms with E-state index < -0.39 is 0 Å². The molecule has 2 heteroatoms. The summed E-state index contributed by atoms with van der Waals surface area (Å²) in [6.07, 6.45) is 2.98. The van der Waals surface area contributed by atoms with Gasteiger partial charge in [0.25, 0.3) is 0 Å². The fourth-order valence-corrected chi connectivity index (χ4v) is 2.95. The second-order valence-corrected chi connectivity index (χ2v) is 4.87. The lowest BCUT2D eigenvalue weighted by Gasteiger charge is -2.61. The zero-order chi connectivity index (χ0) is 8.82. The van der Waals surface area contributed by atoms with E-state index >= 15 is 0 Å². The van der Waals surface area contributed by atoms with Gasteiger partial charge in [0, 0.05) is 18.6 Å². The molecule has 2 aliphatic rings. The summed E-state index contributed by atoms with van der Waals surface area (Å²) in [5, 5.41) is 9.80. The summed E-state index contributed by atoms with van der Waals surface area (Å²) >= 11 is 0. The lowest BCUT2D eigenvalue weighted by atomic mass is 9.46. The summed E-state index contributed by atoms with van der Waals surface area (Å²) in [5.74, 6) is 0. The average Bonchev–Trinajstić information content (AvgIpc) is 2.05. The van der Waals surface area contributed by atoms with Crippen LogP contribution >= 0.6 is 0 Å². The Hall–Kier alpha value is -0.0800. The fourth-order valence-electron chi connectivity index (χ4n) is 2.95. The first-order valence-electron chi connectivity index (χ1n) is 4.84. The number of hydrogen-bond acceptors (Lipinski definition) is 2. The number of hydrogen-bond donors (Lipinski definition) is 1. The van der Waals surface area contributed by atoms with Gasteiger partial charge in [-0.1, -0.05) is 13.8 Å². The smallest absolute Gasteiger partial charge is 0.0608 e. The zero-order valence-electron chi connectivity index (χ0n) is 7.97. The zero-order valence-corrected chi connectivity index (χ0v) is 7.97. The van der Waals surface area contributed by atoms with E-state index in [2.05, 4.69) is 13.8 Å². The van der Waals surface area contributed by atoms with Gasteiger partial charge >= 0.3 is 0 Å². The topological polar surface area (TPSA) is 29.5 Å². The summed E-state index contributed by atoms with van der Waals surface area (Å²) in [4.78, 5) is 0. The van der Waals surface area contributed by atoms with Crippen LogP contribution in [0.3, 0.4) is 0 Å². The molecular weight excluding hydrogens is 152 g/mol. The van der Waals surface area contributed by atoms with Crippen molar-refractivity contribution in [3.8, 4) is 0 Å². The van der Waals surface area contributed by atoms with Crippen LogP contribution in [0.1, 0.15) is 33.1 Å². The highest BCUT2D eigenvalue weighted by Gasteiger charge is 2.59. The molecule has 0 amide bonds. The van der Waals surface area contributed by atoms with Crippen molar-refractivity contribution in [1.82, 2.24) is 0 Å². The monoisotopic (exact) mass is 170 g/mol. The Morgan fingerprint density at radius 1 is 1.25 bits per heavy atom. The molecule has 1 heterocycles. The Labute approximate surface area is 73.9 Å². The van der Waals surface area contributed by atoms with Crippen molar-refractivity contribution < 1.29 is 9.84 Å². The number of aliphatic hydroxyl groups excluding tert-OH is 1. The van der Waals surface area contributed by atoms with E-state index in [0.717, 1.165) is 32.5 Å². The van der Waals surface area contributed by atoms with Crippen LogP contribution < -0.4 is 0 Å². The van der Waals surface area contributed by atoms with Gasteiger partial charge < -0.3 is 9.84 Å². The van der Waals surface area contributed by atoms with Crippen LogP contribution in [0.4, 0.5) is 0 Å². The quantitative estimate of drug-likeness (QED) is 0.598. The molecule has 1 atom stereocenters. The first-order chi connectivity index (χ1) is 5.58. The van der Waals surface area contributed by atoms with Crippen molar-refractivity contribution in [1.29, 1.82) is 0 Å². The van der Waals surface area contributed by atoms with E-state index in [9.17, 15) is 5.11 Å². The van der Waals surface area contributed by atoms with Crippen molar-refractivity contribution >= 4 is 0 Å². The van der Waals surface area contributed by atoms with Gasteiger partial charge in [-0.25, -0.2) is 0 Å². The largest absolute Gasteiger partial charge is 0.393 e. The van der Waals surface area contributed by atoms with Gasteiger partial charge in [0.05, 0.1) is 6.10 Å². The number of rotatable bonds is 0. The third kappa shape index (κ3) is 0.882. The summed E-state index contributed by atoms with van der Waals surface area (Å²) in [7, 11) is 0. The molecule has 1 saturated carbocycles. The molecule has 1 aliphatic heterocycles. The highest BCUT2D eigenvalue weighted by molar-refractivity contribution is 5.08. The molecule has 1 N–H and O–H groups in total. The van der Waals surface area contributed by atoms with Gasteiger partial charge in [-0.3, -0.25) is 0 Å². The van der Waals surface area contributed by atoms with Gasteiger partial charge in [0.1, 0.15) is 0 Å². The third-order valence-electron chi connectivity index (χ3n) is 4.07. The van der Waals surface area contributed by atoms with Crippen molar-refractivity contribution in [3.63, 3.8) is 0 Å². The van der Waals surface area contributed by atoms with Crippen molar-refractivity contribution in [2.24, 2.45) is 10.8 Å². The Morgan fingerprint density at radius 3 is 2.17 bits per heavy atom. The lowest BCUT2D eigenvalue weighted by Crippen LogP contribution is -2.61. The second-order valence-electron chi connectivity index (χ2n) is 4.87. The van der Waals surface area contributed by atoms with Crippen LogP contribution in [0.25, 0.3) is 0 Å². The van der Waals surface area contributed by atoms with E-state index in [1.54, 1.807) is 0 Å². The number of aliphatic hydroxyl groups is 1. The Balaban J connectivity index is 2.16. The molecule has 12 heavy (non-hydrogen) atoms. The molecular formula is C10H18O2. The Bertz CT molecular complexity index is 180. The highest BCUT2D eigenvalue weighted by Crippen LogP contribution is 2.61. The van der Waals surface area contributed by atoms with Gasteiger partial charge in [-0.05, 0) is 24.7 Å². The number of ether oxygens (including phenoxy) is 1. The van der Waals surface area contributed by atoms with E-state index in [0.29, 0.717) is 5.41 Å². The maximum Gasteiger partial charge on any atom is 0.0608 e. The molecule has 1 unspecified atom stereocenters. The fraction of sp³-hybridized carbons (Fsp3) is 1.00. The summed E-state index contributed by atoms with van der Waals surface area (Å²) < 4.78 is 5.33. The Kier molecular flexibility index (Phi) is 1.74.